The maximum Gasteiger partial charge on any atom is 0.327 e. The first kappa shape index (κ1) is 16.4. The van der Waals surface area contributed by atoms with Crippen LogP contribution in [0.1, 0.15) is 32.9 Å². The summed E-state index contributed by atoms with van der Waals surface area (Å²) in [5.41, 5.74) is 0.349. The molecule has 7 heteroatoms. The van der Waals surface area contributed by atoms with Gasteiger partial charge in [-0.25, -0.2) is 4.98 Å². The molecule has 1 N–H and O–H groups in total. The van der Waals surface area contributed by atoms with Crippen molar-refractivity contribution >= 4 is 23.5 Å². The van der Waals surface area contributed by atoms with Gasteiger partial charge in [-0.05, 0) is 20.3 Å². The quantitative estimate of drug-likeness (QED) is 0.353. The molecule has 6 nitrogen and oxygen atoms in total. The zero-order valence-electron chi connectivity index (χ0n) is 11.8. The van der Waals surface area contributed by atoms with Crippen LogP contribution in [0.5, 0.6) is 0 Å². The summed E-state index contributed by atoms with van der Waals surface area (Å²) >= 11 is 0.908. The Kier molecular flexibility index (Phi) is 6.44. The number of hydrogen-bond donors (Lipinski definition) is 1. The van der Waals surface area contributed by atoms with E-state index in [-0.39, 0.29) is 23.1 Å². The fourth-order valence-corrected chi connectivity index (χ4v) is 2.43. The Bertz CT molecular complexity index is 541. The van der Waals surface area contributed by atoms with E-state index in [1.54, 1.807) is 6.92 Å². The molecule has 0 aromatic carbocycles. The van der Waals surface area contributed by atoms with E-state index in [1.165, 1.54) is 13.0 Å². The summed E-state index contributed by atoms with van der Waals surface area (Å²) in [5, 5.41) is -0.746. The molecule has 0 saturated heterocycles. The van der Waals surface area contributed by atoms with Crippen LogP contribution in [0.2, 0.25) is 0 Å². The number of aryl methyl sites for hydroxylation is 1. The van der Waals surface area contributed by atoms with Crippen molar-refractivity contribution < 1.29 is 14.3 Å². The second-order valence-corrected chi connectivity index (χ2v) is 5.25. The van der Waals surface area contributed by atoms with Gasteiger partial charge in [-0.15, -0.1) is 0 Å². The molecule has 1 aromatic heterocycles. The van der Waals surface area contributed by atoms with Crippen LogP contribution in [0.4, 0.5) is 0 Å². The number of ether oxygens (including phenoxy) is 1. The number of nitrogens with zero attached hydrogens (tertiary/aromatic N) is 1. The first-order valence-corrected chi connectivity index (χ1v) is 7.29. The molecule has 1 aromatic rings. The van der Waals surface area contributed by atoms with Gasteiger partial charge in [-0.3, -0.25) is 14.4 Å². The highest BCUT2D eigenvalue weighted by Gasteiger charge is 2.27. The number of rotatable bonds is 7. The van der Waals surface area contributed by atoms with Crippen molar-refractivity contribution in [1.29, 1.82) is 0 Å². The summed E-state index contributed by atoms with van der Waals surface area (Å²) in [6.45, 7) is 5.15. The molecule has 0 unspecified atom stereocenters. The Hall–Kier alpha value is -1.63. The second-order valence-electron chi connectivity index (χ2n) is 4.15. The fraction of sp³-hybridized carbons (Fsp3) is 0.538. The minimum absolute atomic E-state index is 0.197. The highest BCUT2D eigenvalue weighted by molar-refractivity contribution is 8.01. The monoisotopic (exact) mass is 298 g/mol. The molecule has 0 aliphatic carbocycles. The van der Waals surface area contributed by atoms with Gasteiger partial charge in [0.25, 0.3) is 5.56 Å². The first-order valence-electron chi connectivity index (χ1n) is 6.41. The minimum atomic E-state index is -1.00. The predicted octanol–water partition coefficient (Wildman–Crippen LogP) is 1.34. The Labute approximate surface area is 121 Å². The minimum Gasteiger partial charge on any atom is -0.465 e. The number of ketones is 1. The molecule has 0 aliphatic rings. The smallest absolute Gasteiger partial charge is 0.327 e. The van der Waals surface area contributed by atoms with Crippen LogP contribution in [0.15, 0.2) is 16.0 Å². The predicted molar refractivity (Wildman–Crippen MR) is 75.8 cm³/mol. The van der Waals surface area contributed by atoms with E-state index in [0.29, 0.717) is 12.1 Å². The Morgan fingerprint density at radius 2 is 2.15 bits per heavy atom. The second kappa shape index (κ2) is 7.84. The lowest BCUT2D eigenvalue weighted by Gasteiger charge is -2.11. The number of aromatic amines is 1. The Morgan fingerprint density at radius 3 is 2.70 bits per heavy atom. The molecular formula is C13H18N2O4S. The van der Waals surface area contributed by atoms with Crippen LogP contribution < -0.4 is 5.56 Å². The van der Waals surface area contributed by atoms with Crippen LogP contribution in [0, 0.1) is 0 Å². The molecule has 0 amide bonds. The zero-order chi connectivity index (χ0) is 15.1. The largest absolute Gasteiger partial charge is 0.465 e. The van der Waals surface area contributed by atoms with Gasteiger partial charge in [0.05, 0.1) is 6.61 Å². The van der Waals surface area contributed by atoms with Gasteiger partial charge in [0, 0.05) is 11.8 Å². The van der Waals surface area contributed by atoms with Gasteiger partial charge in [-0.2, -0.15) is 0 Å². The summed E-state index contributed by atoms with van der Waals surface area (Å²) in [6.07, 6.45) is 1.52. The number of H-pyrrole nitrogens is 1. The third kappa shape index (κ3) is 4.80. The maximum atomic E-state index is 11.7. The van der Waals surface area contributed by atoms with Crippen molar-refractivity contribution in [3.8, 4) is 0 Å². The van der Waals surface area contributed by atoms with Gasteiger partial charge < -0.3 is 9.72 Å². The van der Waals surface area contributed by atoms with Crippen molar-refractivity contribution in [3.63, 3.8) is 0 Å². The third-order valence-corrected chi connectivity index (χ3v) is 3.56. The molecular weight excluding hydrogens is 280 g/mol. The normalized spacial score (nSPS) is 11.9. The van der Waals surface area contributed by atoms with E-state index in [0.717, 1.165) is 18.2 Å². The summed E-state index contributed by atoms with van der Waals surface area (Å²) in [4.78, 5) is 41.5. The van der Waals surface area contributed by atoms with Gasteiger partial charge >= 0.3 is 5.97 Å². The molecule has 0 bridgehead atoms. The van der Waals surface area contributed by atoms with Crippen molar-refractivity contribution in [2.45, 2.75) is 44.0 Å². The number of Topliss-reactive ketones (excluding diaryl/α,β-unsaturated/α-hetero) is 1. The zero-order valence-corrected chi connectivity index (χ0v) is 12.6. The fourth-order valence-electron chi connectivity index (χ4n) is 1.55. The summed E-state index contributed by atoms with van der Waals surface area (Å²) in [6, 6.07) is 1.42. The molecule has 110 valence electrons. The average Bonchev–Trinajstić information content (AvgIpc) is 2.35. The molecule has 0 fully saturated rings. The lowest BCUT2D eigenvalue weighted by Crippen LogP contribution is -2.28. The molecule has 0 saturated carbocycles. The number of carbonyl (C=O) groups is 2. The molecule has 1 atom stereocenters. The molecule has 0 radical (unpaired) electrons. The van der Waals surface area contributed by atoms with E-state index in [9.17, 15) is 14.4 Å². The van der Waals surface area contributed by atoms with Crippen molar-refractivity contribution in [3.05, 3.63) is 22.1 Å². The lowest BCUT2D eigenvalue weighted by molar-refractivity contribution is -0.144. The van der Waals surface area contributed by atoms with E-state index in [1.807, 2.05) is 6.92 Å². The average molecular weight is 298 g/mol. The lowest BCUT2D eigenvalue weighted by atomic mass is 10.2. The number of thioether (sulfide) groups is 1. The number of aromatic nitrogens is 2. The molecule has 20 heavy (non-hydrogen) atoms. The van der Waals surface area contributed by atoms with Crippen LogP contribution in [0.25, 0.3) is 0 Å². The first-order chi connectivity index (χ1) is 9.47. The number of esters is 1. The molecule has 0 aliphatic heterocycles. The van der Waals surface area contributed by atoms with E-state index >= 15 is 0 Å². The number of carbonyl (C=O) groups excluding carboxylic acids is 2. The highest BCUT2D eigenvalue weighted by Crippen LogP contribution is 2.21. The molecule has 0 spiro atoms. The van der Waals surface area contributed by atoms with Crippen molar-refractivity contribution in [1.82, 2.24) is 9.97 Å². The molecule has 1 rings (SSSR count). The van der Waals surface area contributed by atoms with Crippen LogP contribution in [-0.4, -0.2) is 33.6 Å². The van der Waals surface area contributed by atoms with Crippen molar-refractivity contribution in [2.24, 2.45) is 0 Å². The standard InChI is InChI=1S/C13H18N2O4S/c1-4-6-9-7-10(17)15-13(14-9)20-11(8(3)16)12(18)19-5-2/h7,11H,4-6H2,1-3H3,(H,14,15,17)/t11-/m1/s1. The van der Waals surface area contributed by atoms with Crippen LogP contribution >= 0.6 is 11.8 Å². The molecule has 1 heterocycles. The van der Waals surface area contributed by atoms with Gasteiger partial charge in [0.1, 0.15) is 0 Å². The number of hydrogen-bond acceptors (Lipinski definition) is 6. The van der Waals surface area contributed by atoms with Gasteiger partial charge in [-0.1, -0.05) is 25.1 Å². The topological polar surface area (TPSA) is 89.1 Å². The number of nitrogens with one attached hydrogen (secondary N) is 1. The Morgan fingerprint density at radius 1 is 1.45 bits per heavy atom. The Balaban J connectivity index is 2.96. The summed E-state index contributed by atoms with van der Waals surface area (Å²) < 4.78 is 4.85. The SMILES string of the molecule is CCCc1cc(=O)[nH]c(S[C@H](C(C)=O)C(=O)OCC)n1. The van der Waals surface area contributed by atoms with Gasteiger partial charge in [0.15, 0.2) is 16.2 Å². The van der Waals surface area contributed by atoms with Gasteiger partial charge in [0.2, 0.25) is 0 Å². The van der Waals surface area contributed by atoms with Crippen molar-refractivity contribution in [2.75, 3.05) is 6.61 Å². The van der Waals surface area contributed by atoms with E-state index < -0.39 is 11.2 Å². The van der Waals surface area contributed by atoms with E-state index in [2.05, 4.69) is 9.97 Å². The van der Waals surface area contributed by atoms with Crippen LogP contribution in [-0.2, 0) is 20.7 Å². The highest BCUT2D eigenvalue weighted by atomic mass is 32.2. The third-order valence-electron chi connectivity index (χ3n) is 2.38. The summed E-state index contributed by atoms with van der Waals surface area (Å²) in [5.74, 6) is -0.953. The maximum absolute atomic E-state index is 11.7. The van der Waals surface area contributed by atoms with E-state index in [4.69, 9.17) is 4.74 Å². The summed E-state index contributed by atoms with van der Waals surface area (Å²) in [7, 11) is 0. The van der Waals surface area contributed by atoms with Crippen LogP contribution in [0.3, 0.4) is 0 Å².